The maximum absolute atomic E-state index is 11.4. The molecule has 7 nitrogen and oxygen atoms in total. The van der Waals surface area contributed by atoms with Crippen LogP contribution >= 0.6 is 0 Å². The molecule has 0 bridgehead atoms. The normalized spacial score (nSPS) is 12.4. The highest BCUT2D eigenvalue weighted by atomic mass is 16.5. The van der Waals surface area contributed by atoms with Gasteiger partial charge in [-0.1, -0.05) is 19.0 Å². The van der Waals surface area contributed by atoms with Crippen LogP contribution in [0.4, 0.5) is 0 Å². The first-order chi connectivity index (χ1) is 8.40. The molecule has 0 radical (unpaired) electrons. The first-order valence-electron chi connectivity index (χ1n) is 5.74. The highest BCUT2D eigenvalue weighted by molar-refractivity contribution is 5.83. The predicted molar refractivity (Wildman–Crippen MR) is 61.9 cm³/mol. The van der Waals surface area contributed by atoms with Crippen LogP contribution in [0.3, 0.4) is 0 Å². The van der Waals surface area contributed by atoms with Crippen molar-refractivity contribution in [3.8, 4) is 0 Å². The summed E-state index contributed by atoms with van der Waals surface area (Å²) >= 11 is 0. The molecule has 0 aromatic carbocycles. The first kappa shape index (κ1) is 14.1. The summed E-state index contributed by atoms with van der Waals surface area (Å²) in [5.74, 6) is -0.262. The zero-order valence-electron chi connectivity index (χ0n) is 10.6. The lowest BCUT2D eigenvalue weighted by molar-refractivity contribution is -0.141. The van der Waals surface area contributed by atoms with Crippen LogP contribution in [0.1, 0.15) is 44.8 Å². The number of amides is 1. The molecule has 0 aliphatic rings. The minimum absolute atomic E-state index is 0.122. The number of aryl methyl sites for hydroxylation is 1. The molecule has 0 spiro atoms. The molecule has 18 heavy (non-hydrogen) atoms. The standard InChI is InChI=1S/C11H17N3O4/c1-6(2)10-13-9(18-14-10)5-4-8(15)12-7(3)11(16)17/h6-7H,4-5H2,1-3H3,(H,12,15)(H,16,17)/t7-/m1/s1. The summed E-state index contributed by atoms with van der Waals surface area (Å²) in [5, 5.41) is 14.7. The smallest absolute Gasteiger partial charge is 0.325 e. The lowest BCUT2D eigenvalue weighted by Crippen LogP contribution is -2.38. The summed E-state index contributed by atoms with van der Waals surface area (Å²) < 4.78 is 4.97. The number of carbonyl (C=O) groups is 2. The number of hydrogen-bond acceptors (Lipinski definition) is 5. The van der Waals surface area contributed by atoms with Crippen molar-refractivity contribution in [2.45, 2.75) is 45.6 Å². The SMILES string of the molecule is CC(C)c1noc(CCC(=O)N[C@H](C)C(=O)O)n1. The van der Waals surface area contributed by atoms with Crippen LogP contribution < -0.4 is 5.32 Å². The highest BCUT2D eigenvalue weighted by Gasteiger charge is 2.15. The Morgan fingerprint density at radius 3 is 2.56 bits per heavy atom. The third-order valence-electron chi connectivity index (χ3n) is 2.31. The predicted octanol–water partition coefficient (Wildman–Crippen LogP) is 0.715. The fourth-order valence-corrected chi connectivity index (χ4v) is 1.20. The third-order valence-corrected chi connectivity index (χ3v) is 2.31. The minimum Gasteiger partial charge on any atom is -0.480 e. The molecule has 1 rings (SSSR count). The molecule has 0 aliphatic carbocycles. The molecule has 0 saturated carbocycles. The Balaban J connectivity index is 2.40. The molecule has 1 amide bonds. The third kappa shape index (κ3) is 4.15. The maximum atomic E-state index is 11.4. The summed E-state index contributed by atoms with van der Waals surface area (Å²) in [6, 6.07) is -0.897. The molecule has 0 aliphatic heterocycles. The van der Waals surface area contributed by atoms with Crippen molar-refractivity contribution >= 4 is 11.9 Å². The maximum Gasteiger partial charge on any atom is 0.325 e. The molecule has 0 unspecified atom stereocenters. The molecule has 1 aromatic rings. The van der Waals surface area contributed by atoms with Gasteiger partial charge in [-0.25, -0.2) is 0 Å². The van der Waals surface area contributed by atoms with E-state index in [4.69, 9.17) is 9.63 Å². The first-order valence-corrected chi connectivity index (χ1v) is 5.74. The van der Waals surface area contributed by atoms with Crippen molar-refractivity contribution in [2.75, 3.05) is 0 Å². The van der Waals surface area contributed by atoms with Gasteiger partial charge >= 0.3 is 5.97 Å². The Kier molecular flexibility index (Phi) is 4.82. The topological polar surface area (TPSA) is 105 Å². The van der Waals surface area contributed by atoms with Gasteiger partial charge in [0.15, 0.2) is 5.82 Å². The van der Waals surface area contributed by atoms with E-state index in [1.807, 2.05) is 13.8 Å². The molecule has 0 fully saturated rings. The van der Waals surface area contributed by atoms with E-state index in [2.05, 4.69) is 15.5 Å². The number of aromatic nitrogens is 2. The zero-order valence-corrected chi connectivity index (χ0v) is 10.6. The molecule has 1 heterocycles. The Morgan fingerprint density at radius 1 is 1.39 bits per heavy atom. The molecule has 100 valence electrons. The summed E-state index contributed by atoms with van der Waals surface area (Å²) in [4.78, 5) is 26.1. The van der Waals surface area contributed by atoms with Crippen molar-refractivity contribution in [3.63, 3.8) is 0 Å². The van der Waals surface area contributed by atoms with E-state index in [9.17, 15) is 9.59 Å². The van der Waals surface area contributed by atoms with Gasteiger partial charge in [0, 0.05) is 18.8 Å². The number of carbonyl (C=O) groups excluding carboxylic acids is 1. The van der Waals surface area contributed by atoms with E-state index in [0.29, 0.717) is 18.1 Å². The monoisotopic (exact) mass is 255 g/mol. The van der Waals surface area contributed by atoms with Crippen LogP contribution in [0.25, 0.3) is 0 Å². The molecular formula is C11H17N3O4. The van der Waals surface area contributed by atoms with Gasteiger partial charge in [0.1, 0.15) is 6.04 Å². The Hall–Kier alpha value is -1.92. The fourth-order valence-electron chi connectivity index (χ4n) is 1.20. The number of nitrogens with zero attached hydrogens (tertiary/aromatic N) is 2. The van der Waals surface area contributed by atoms with Crippen molar-refractivity contribution < 1.29 is 19.2 Å². The van der Waals surface area contributed by atoms with Crippen molar-refractivity contribution in [1.82, 2.24) is 15.5 Å². The summed E-state index contributed by atoms with van der Waals surface area (Å²) in [6.07, 6.45) is 0.426. The van der Waals surface area contributed by atoms with Gasteiger partial charge in [-0.05, 0) is 6.92 Å². The average Bonchev–Trinajstić information content (AvgIpc) is 2.74. The van der Waals surface area contributed by atoms with E-state index in [1.165, 1.54) is 6.92 Å². The number of aliphatic carboxylic acids is 1. The Labute approximate surface area is 105 Å². The number of rotatable bonds is 6. The zero-order chi connectivity index (χ0) is 13.7. The van der Waals surface area contributed by atoms with E-state index in [1.54, 1.807) is 0 Å². The van der Waals surface area contributed by atoms with Gasteiger partial charge < -0.3 is 14.9 Å². The van der Waals surface area contributed by atoms with Crippen LogP contribution in [-0.4, -0.2) is 33.2 Å². The van der Waals surface area contributed by atoms with Crippen LogP contribution in [0.2, 0.25) is 0 Å². The van der Waals surface area contributed by atoms with Crippen LogP contribution in [-0.2, 0) is 16.0 Å². The second kappa shape index (κ2) is 6.13. The van der Waals surface area contributed by atoms with Gasteiger partial charge in [0.05, 0.1) is 0 Å². The van der Waals surface area contributed by atoms with Gasteiger partial charge in [0.2, 0.25) is 11.8 Å². The van der Waals surface area contributed by atoms with Crippen molar-refractivity contribution in [1.29, 1.82) is 0 Å². The minimum atomic E-state index is -1.07. The average molecular weight is 255 g/mol. The molecular weight excluding hydrogens is 238 g/mol. The fraction of sp³-hybridized carbons (Fsp3) is 0.636. The Morgan fingerprint density at radius 2 is 2.06 bits per heavy atom. The van der Waals surface area contributed by atoms with E-state index < -0.39 is 12.0 Å². The van der Waals surface area contributed by atoms with Gasteiger partial charge in [-0.3, -0.25) is 9.59 Å². The molecule has 7 heteroatoms. The second-order valence-corrected chi connectivity index (χ2v) is 4.33. The highest BCUT2D eigenvalue weighted by Crippen LogP contribution is 2.10. The number of nitrogens with one attached hydrogen (secondary N) is 1. The second-order valence-electron chi connectivity index (χ2n) is 4.33. The van der Waals surface area contributed by atoms with E-state index in [-0.39, 0.29) is 18.2 Å². The largest absolute Gasteiger partial charge is 0.480 e. The lowest BCUT2D eigenvalue weighted by Gasteiger charge is -2.07. The molecule has 1 atom stereocenters. The van der Waals surface area contributed by atoms with Crippen molar-refractivity contribution in [2.24, 2.45) is 0 Å². The molecule has 2 N–H and O–H groups in total. The lowest BCUT2D eigenvalue weighted by atomic mass is 10.2. The van der Waals surface area contributed by atoms with Crippen LogP contribution in [0.15, 0.2) is 4.52 Å². The van der Waals surface area contributed by atoms with E-state index >= 15 is 0 Å². The van der Waals surface area contributed by atoms with Gasteiger partial charge in [-0.2, -0.15) is 4.98 Å². The summed E-state index contributed by atoms with van der Waals surface area (Å²) in [6.45, 7) is 5.29. The van der Waals surface area contributed by atoms with Crippen LogP contribution in [0, 0.1) is 0 Å². The summed E-state index contributed by atoms with van der Waals surface area (Å²) in [7, 11) is 0. The van der Waals surface area contributed by atoms with Gasteiger partial charge in [-0.15, -0.1) is 0 Å². The van der Waals surface area contributed by atoms with Crippen LogP contribution in [0.5, 0.6) is 0 Å². The van der Waals surface area contributed by atoms with Gasteiger partial charge in [0.25, 0.3) is 0 Å². The number of carboxylic acids is 1. The quantitative estimate of drug-likeness (QED) is 0.775. The molecule has 0 saturated heterocycles. The number of hydrogen-bond donors (Lipinski definition) is 2. The number of carboxylic acid groups (broad SMARTS) is 1. The Bertz CT molecular complexity index is 428. The molecule has 1 aromatic heterocycles. The van der Waals surface area contributed by atoms with E-state index in [0.717, 1.165) is 0 Å². The summed E-state index contributed by atoms with van der Waals surface area (Å²) in [5.41, 5.74) is 0. The van der Waals surface area contributed by atoms with Crippen molar-refractivity contribution in [3.05, 3.63) is 11.7 Å².